The highest BCUT2D eigenvalue weighted by Crippen LogP contribution is 2.24. The van der Waals surface area contributed by atoms with E-state index in [1.54, 1.807) is 6.92 Å². The minimum atomic E-state index is -0.598. The Hall–Kier alpha value is -1.59. The summed E-state index contributed by atoms with van der Waals surface area (Å²) in [5.41, 5.74) is 0. The number of ether oxygens (including phenoxy) is 1. The van der Waals surface area contributed by atoms with Gasteiger partial charge in [-0.25, -0.2) is 0 Å². The van der Waals surface area contributed by atoms with E-state index < -0.39 is 12.0 Å². The quantitative estimate of drug-likeness (QED) is 0.666. The van der Waals surface area contributed by atoms with Crippen molar-refractivity contribution in [3.63, 3.8) is 0 Å². The van der Waals surface area contributed by atoms with Crippen LogP contribution < -0.4 is 10.6 Å². The van der Waals surface area contributed by atoms with E-state index in [1.165, 1.54) is 6.42 Å². The van der Waals surface area contributed by atoms with Crippen LogP contribution in [0.25, 0.3) is 0 Å². The summed E-state index contributed by atoms with van der Waals surface area (Å²) < 4.78 is 4.79. The smallest absolute Gasteiger partial charge is 0.325 e. The molecule has 132 valence electrons. The molecule has 0 bridgehead atoms. The maximum atomic E-state index is 12.4. The fourth-order valence-electron chi connectivity index (χ4n) is 2.85. The molecule has 0 heterocycles. The lowest BCUT2D eigenvalue weighted by atomic mass is 9.88. The largest absolute Gasteiger partial charge is 0.465 e. The van der Waals surface area contributed by atoms with Gasteiger partial charge in [-0.05, 0) is 32.1 Å². The predicted octanol–water partition coefficient (Wildman–Crippen LogP) is 1.78. The maximum Gasteiger partial charge on any atom is 0.325 e. The van der Waals surface area contributed by atoms with Crippen molar-refractivity contribution in [1.82, 2.24) is 10.6 Å². The zero-order valence-electron chi connectivity index (χ0n) is 14.5. The van der Waals surface area contributed by atoms with Crippen molar-refractivity contribution in [3.05, 3.63) is 0 Å². The molecule has 1 aliphatic rings. The average Bonchev–Trinajstić information content (AvgIpc) is 2.52. The maximum absolute atomic E-state index is 12.4. The fourth-order valence-corrected chi connectivity index (χ4v) is 2.85. The van der Waals surface area contributed by atoms with Crippen molar-refractivity contribution in [2.24, 2.45) is 11.8 Å². The van der Waals surface area contributed by atoms with E-state index in [0.29, 0.717) is 6.42 Å². The third-order valence-electron chi connectivity index (χ3n) is 4.03. The molecule has 0 unspecified atom stereocenters. The van der Waals surface area contributed by atoms with Crippen LogP contribution in [0.1, 0.15) is 59.3 Å². The van der Waals surface area contributed by atoms with Crippen LogP contribution >= 0.6 is 0 Å². The molecule has 2 amide bonds. The standard InChI is InChI=1S/C17H30N2O4/c1-4-23-15(20)11-18-17(22)14(10-12(2)3)19-16(21)13-8-6-5-7-9-13/h12-14H,4-11H2,1-3H3,(H,18,22)(H,19,21)/t14-/m0/s1. The van der Waals surface area contributed by atoms with E-state index in [0.717, 1.165) is 25.7 Å². The van der Waals surface area contributed by atoms with Crippen LogP contribution in [-0.4, -0.2) is 37.0 Å². The van der Waals surface area contributed by atoms with E-state index in [1.807, 2.05) is 13.8 Å². The van der Waals surface area contributed by atoms with E-state index in [2.05, 4.69) is 10.6 Å². The zero-order valence-corrected chi connectivity index (χ0v) is 14.5. The van der Waals surface area contributed by atoms with Gasteiger partial charge in [-0.15, -0.1) is 0 Å². The highest BCUT2D eigenvalue weighted by Gasteiger charge is 2.27. The Kier molecular flexibility index (Phi) is 8.66. The van der Waals surface area contributed by atoms with Gasteiger partial charge >= 0.3 is 5.97 Å². The van der Waals surface area contributed by atoms with Gasteiger partial charge in [0, 0.05) is 5.92 Å². The number of amides is 2. The molecule has 23 heavy (non-hydrogen) atoms. The van der Waals surface area contributed by atoms with Crippen LogP contribution in [0, 0.1) is 11.8 Å². The van der Waals surface area contributed by atoms with Crippen molar-refractivity contribution in [3.8, 4) is 0 Å². The monoisotopic (exact) mass is 326 g/mol. The van der Waals surface area contributed by atoms with E-state index in [9.17, 15) is 14.4 Å². The molecule has 6 heteroatoms. The van der Waals surface area contributed by atoms with Crippen molar-refractivity contribution < 1.29 is 19.1 Å². The van der Waals surface area contributed by atoms with Crippen LogP contribution in [0.5, 0.6) is 0 Å². The van der Waals surface area contributed by atoms with Crippen molar-refractivity contribution >= 4 is 17.8 Å². The molecule has 0 radical (unpaired) electrons. The number of nitrogens with one attached hydrogen (secondary N) is 2. The molecule has 0 aromatic carbocycles. The second kappa shape index (κ2) is 10.2. The number of carbonyl (C=O) groups excluding carboxylic acids is 3. The van der Waals surface area contributed by atoms with Crippen LogP contribution in [-0.2, 0) is 19.1 Å². The average molecular weight is 326 g/mol. The van der Waals surface area contributed by atoms with Gasteiger partial charge in [0.1, 0.15) is 12.6 Å². The minimum Gasteiger partial charge on any atom is -0.465 e. The lowest BCUT2D eigenvalue weighted by Gasteiger charge is -2.25. The molecule has 2 N–H and O–H groups in total. The van der Waals surface area contributed by atoms with Gasteiger partial charge in [0.25, 0.3) is 0 Å². The van der Waals surface area contributed by atoms with Crippen LogP contribution in [0.15, 0.2) is 0 Å². The summed E-state index contributed by atoms with van der Waals surface area (Å²) in [6.45, 7) is 5.82. The zero-order chi connectivity index (χ0) is 17.2. The summed E-state index contributed by atoms with van der Waals surface area (Å²) in [7, 11) is 0. The highest BCUT2D eigenvalue weighted by molar-refractivity contribution is 5.90. The summed E-state index contributed by atoms with van der Waals surface area (Å²) in [5.74, 6) is -0.559. The molecule has 0 spiro atoms. The number of esters is 1. The third-order valence-corrected chi connectivity index (χ3v) is 4.03. The second-order valence-corrected chi connectivity index (χ2v) is 6.55. The molecule has 0 aromatic heterocycles. The molecule has 1 rings (SSSR count). The van der Waals surface area contributed by atoms with Gasteiger partial charge in [0.05, 0.1) is 6.61 Å². The molecule has 0 saturated heterocycles. The first kappa shape index (κ1) is 19.5. The van der Waals surface area contributed by atoms with Crippen LogP contribution in [0.3, 0.4) is 0 Å². The second-order valence-electron chi connectivity index (χ2n) is 6.55. The summed E-state index contributed by atoms with van der Waals surface area (Å²) in [6, 6.07) is -0.598. The Morgan fingerprint density at radius 1 is 1.13 bits per heavy atom. The van der Waals surface area contributed by atoms with Gasteiger partial charge < -0.3 is 15.4 Å². The Labute approximate surface area is 138 Å². The van der Waals surface area contributed by atoms with Gasteiger partial charge in [-0.1, -0.05) is 33.1 Å². The van der Waals surface area contributed by atoms with E-state index in [4.69, 9.17) is 4.74 Å². The molecular weight excluding hydrogens is 296 g/mol. The molecule has 1 atom stereocenters. The predicted molar refractivity (Wildman–Crippen MR) is 87.6 cm³/mol. The molecule has 6 nitrogen and oxygen atoms in total. The first-order valence-corrected chi connectivity index (χ1v) is 8.67. The van der Waals surface area contributed by atoms with Gasteiger partial charge in [-0.2, -0.15) is 0 Å². The SMILES string of the molecule is CCOC(=O)CNC(=O)[C@H](CC(C)C)NC(=O)C1CCCCC1. The summed E-state index contributed by atoms with van der Waals surface area (Å²) in [6.07, 6.45) is 5.66. The van der Waals surface area contributed by atoms with Crippen molar-refractivity contribution in [1.29, 1.82) is 0 Å². The lowest BCUT2D eigenvalue weighted by Crippen LogP contribution is -2.50. The molecular formula is C17H30N2O4. The summed E-state index contributed by atoms with van der Waals surface area (Å²) in [5, 5.41) is 5.42. The third kappa shape index (κ3) is 7.48. The summed E-state index contributed by atoms with van der Waals surface area (Å²) >= 11 is 0. The molecule has 1 saturated carbocycles. The number of carbonyl (C=O) groups is 3. The normalized spacial score (nSPS) is 16.7. The fraction of sp³-hybridized carbons (Fsp3) is 0.824. The number of hydrogen-bond donors (Lipinski definition) is 2. The number of rotatable bonds is 8. The lowest BCUT2D eigenvalue weighted by molar-refractivity contribution is -0.143. The Morgan fingerprint density at radius 3 is 2.35 bits per heavy atom. The Balaban J connectivity index is 2.54. The first-order valence-electron chi connectivity index (χ1n) is 8.67. The Morgan fingerprint density at radius 2 is 1.78 bits per heavy atom. The van der Waals surface area contributed by atoms with Crippen LogP contribution in [0.2, 0.25) is 0 Å². The van der Waals surface area contributed by atoms with Gasteiger partial charge in [0.2, 0.25) is 11.8 Å². The molecule has 1 fully saturated rings. The Bertz CT molecular complexity index is 403. The van der Waals surface area contributed by atoms with Crippen molar-refractivity contribution in [2.75, 3.05) is 13.2 Å². The highest BCUT2D eigenvalue weighted by atomic mass is 16.5. The number of hydrogen-bond acceptors (Lipinski definition) is 4. The molecule has 0 aromatic rings. The minimum absolute atomic E-state index is 0.0104. The van der Waals surface area contributed by atoms with Gasteiger partial charge in [-0.3, -0.25) is 14.4 Å². The molecule has 0 aliphatic heterocycles. The van der Waals surface area contributed by atoms with Gasteiger partial charge in [0.15, 0.2) is 0 Å². The van der Waals surface area contributed by atoms with E-state index >= 15 is 0 Å². The van der Waals surface area contributed by atoms with E-state index in [-0.39, 0.29) is 36.8 Å². The topological polar surface area (TPSA) is 84.5 Å². The van der Waals surface area contributed by atoms with Crippen LogP contribution in [0.4, 0.5) is 0 Å². The van der Waals surface area contributed by atoms with Crippen molar-refractivity contribution in [2.45, 2.75) is 65.3 Å². The summed E-state index contributed by atoms with van der Waals surface area (Å²) in [4.78, 5) is 36.0. The molecule has 1 aliphatic carbocycles. The first-order chi connectivity index (χ1) is 10.9.